The van der Waals surface area contributed by atoms with E-state index in [1.54, 1.807) is 38.3 Å². The molecule has 0 radical (unpaired) electrons. The number of ether oxygens (including phenoxy) is 2. The van der Waals surface area contributed by atoms with E-state index >= 15 is 4.39 Å². The average Bonchev–Trinajstić information content (AvgIpc) is 3.71. The second-order valence-corrected chi connectivity index (χ2v) is 23.2. The molecule has 1 aliphatic carbocycles. The molecule has 0 saturated heterocycles. The van der Waals surface area contributed by atoms with Crippen molar-refractivity contribution in [1.82, 2.24) is 25.5 Å². The summed E-state index contributed by atoms with van der Waals surface area (Å²) in [5, 5.41) is 18.3. The molecule has 404 valence electrons. The maximum absolute atomic E-state index is 15.0. The number of aliphatic hydroxyl groups is 1. The molecule has 0 bridgehead atoms. The Balaban J connectivity index is 0.000000247. The first kappa shape index (κ1) is 57.8. The molecule has 2 aliphatic heterocycles. The second kappa shape index (κ2) is 23.2. The summed E-state index contributed by atoms with van der Waals surface area (Å²) in [7, 11) is 0. The summed E-state index contributed by atoms with van der Waals surface area (Å²) in [5.41, 5.74) is 3.10. The van der Waals surface area contributed by atoms with Crippen LogP contribution >= 0.6 is 0 Å². The molecule has 0 spiro atoms. The van der Waals surface area contributed by atoms with Crippen molar-refractivity contribution >= 4 is 51.9 Å². The van der Waals surface area contributed by atoms with E-state index in [0.717, 1.165) is 34.1 Å². The molecule has 16 nitrogen and oxygen atoms in total. The molecular formula is C58H74FN5O11. The summed E-state index contributed by atoms with van der Waals surface area (Å²) < 4.78 is 28.5. The zero-order valence-electron chi connectivity index (χ0n) is 45.4. The van der Waals surface area contributed by atoms with Crippen LogP contribution in [-0.4, -0.2) is 81.0 Å². The van der Waals surface area contributed by atoms with Gasteiger partial charge in [0.2, 0.25) is 17.7 Å². The van der Waals surface area contributed by atoms with Gasteiger partial charge in [-0.3, -0.25) is 33.6 Å². The highest BCUT2D eigenvalue weighted by molar-refractivity contribution is 5.95. The van der Waals surface area contributed by atoms with Crippen LogP contribution in [0.25, 0.3) is 22.3 Å². The molecular weight excluding hydrogens is 962 g/mol. The third-order valence-electron chi connectivity index (χ3n) is 14.0. The number of nitrogens with one attached hydrogen (secondary N) is 3. The lowest BCUT2D eigenvalue weighted by molar-refractivity contribution is -0.200. The summed E-state index contributed by atoms with van der Waals surface area (Å²) in [4.78, 5) is 106. The van der Waals surface area contributed by atoms with Gasteiger partial charge < -0.3 is 35.1 Å². The molecule has 2 aromatic carbocycles. The van der Waals surface area contributed by atoms with E-state index in [9.17, 15) is 43.5 Å². The number of aryl methyl sites for hydroxylation is 1. The van der Waals surface area contributed by atoms with Gasteiger partial charge in [-0.05, 0) is 93.5 Å². The Morgan fingerprint density at radius 3 is 2.20 bits per heavy atom. The number of carbonyl (C=O) groups excluding carboxylic acids is 7. The van der Waals surface area contributed by atoms with Crippen molar-refractivity contribution < 1.29 is 52.5 Å². The van der Waals surface area contributed by atoms with E-state index in [-0.39, 0.29) is 97.9 Å². The van der Waals surface area contributed by atoms with Gasteiger partial charge in [0, 0.05) is 59.6 Å². The van der Waals surface area contributed by atoms with Gasteiger partial charge >= 0.3 is 5.97 Å². The number of cyclic esters (lactones) is 1. The maximum atomic E-state index is 15.0. The van der Waals surface area contributed by atoms with E-state index < -0.39 is 47.1 Å². The van der Waals surface area contributed by atoms with Crippen LogP contribution in [-0.2, 0) is 74.6 Å². The summed E-state index contributed by atoms with van der Waals surface area (Å²) in [5.74, 6) is -3.16. The molecule has 3 aliphatic rings. The Labute approximate surface area is 438 Å². The van der Waals surface area contributed by atoms with Crippen LogP contribution in [0.1, 0.15) is 159 Å². The fourth-order valence-electron chi connectivity index (χ4n) is 9.94. The molecule has 7 rings (SSSR count). The number of benzene rings is 2. The lowest BCUT2D eigenvalue weighted by Crippen LogP contribution is -2.49. The molecule has 0 saturated carbocycles. The summed E-state index contributed by atoms with van der Waals surface area (Å²) >= 11 is 0. The maximum Gasteiger partial charge on any atom is 0.343 e. The Hall–Kier alpha value is -6.46. The molecule has 4 heterocycles. The van der Waals surface area contributed by atoms with Gasteiger partial charge in [0.1, 0.15) is 24.8 Å². The molecule has 75 heavy (non-hydrogen) atoms. The predicted molar refractivity (Wildman–Crippen MR) is 281 cm³/mol. The normalized spacial score (nSPS) is 17.1. The number of aliphatic hydroxyl groups excluding tert-OH is 1. The Morgan fingerprint density at radius 1 is 0.893 bits per heavy atom. The van der Waals surface area contributed by atoms with E-state index in [4.69, 9.17) is 14.5 Å². The van der Waals surface area contributed by atoms with Gasteiger partial charge in [-0.1, -0.05) is 78.8 Å². The topological polar surface area (TPSA) is 229 Å². The monoisotopic (exact) mass is 1040 g/mol. The second-order valence-electron chi connectivity index (χ2n) is 23.2. The number of hydrogen-bond acceptors (Lipinski definition) is 12. The predicted octanol–water partition coefficient (Wildman–Crippen LogP) is 7.27. The SMILES string of the molecule is CC(C)(C)CCC(=O)CNC(=O)[C@@H](CC(=O)CNC(=O)CCC(=O)C(C)(C)C)Cc1ccccc1.CC[C@@]1(OC(C)(C)C)C(=O)OCc2c1cc1n(c2=O)Cc2c-1nc1cc(F)c(C)c3c1c2[C@@H](NC(=O)CO)CC3. The Morgan fingerprint density at radius 2 is 1.57 bits per heavy atom. The lowest BCUT2D eigenvalue weighted by atomic mass is 9.81. The van der Waals surface area contributed by atoms with Gasteiger partial charge in [0.05, 0.1) is 53.7 Å². The van der Waals surface area contributed by atoms with Crippen molar-refractivity contribution in [3.05, 3.63) is 97.6 Å². The largest absolute Gasteiger partial charge is 0.458 e. The fourth-order valence-corrected chi connectivity index (χ4v) is 9.94. The third-order valence-corrected chi connectivity index (χ3v) is 14.0. The molecule has 4 aromatic rings. The number of pyridine rings is 2. The average molecular weight is 1040 g/mol. The van der Waals surface area contributed by atoms with E-state index in [2.05, 4.69) is 36.7 Å². The van der Waals surface area contributed by atoms with Crippen molar-refractivity contribution in [3.8, 4) is 11.4 Å². The highest BCUT2D eigenvalue weighted by atomic mass is 19.1. The molecule has 17 heteroatoms. The van der Waals surface area contributed by atoms with Crippen LogP contribution in [0.5, 0.6) is 0 Å². The highest BCUT2D eigenvalue weighted by Crippen LogP contribution is 2.47. The number of hydrogen-bond donors (Lipinski definition) is 4. The van der Waals surface area contributed by atoms with Crippen molar-refractivity contribution in [3.63, 3.8) is 0 Å². The molecule has 4 N–H and O–H groups in total. The molecule has 3 atom stereocenters. The number of aromatic nitrogens is 2. The first-order valence-electron chi connectivity index (χ1n) is 25.9. The Kier molecular flexibility index (Phi) is 17.9. The van der Waals surface area contributed by atoms with E-state index in [1.165, 1.54) is 6.07 Å². The minimum Gasteiger partial charge on any atom is -0.458 e. The molecule has 0 fully saturated rings. The van der Waals surface area contributed by atoms with Gasteiger partial charge in [-0.2, -0.15) is 0 Å². The van der Waals surface area contributed by atoms with Crippen molar-refractivity contribution in [2.24, 2.45) is 16.7 Å². The minimum absolute atomic E-state index is 0.0179. The molecule has 2 aromatic heterocycles. The lowest BCUT2D eigenvalue weighted by Gasteiger charge is -2.40. The number of carbonyl (C=O) groups is 7. The van der Waals surface area contributed by atoms with Crippen molar-refractivity contribution in [1.29, 1.82) is 0 Å². The van der Waals surface area contributed by atoms with Crippen molar-refractivity contribution in [2.75, 3.05) is 19.7 Å². The zero-order valence-corrected chi connectivity index (χ0v) is 45.4. The smallest absolute Gasteiger partial charge is 0.343 e. The van der Waals surface area contributed by atoms with Gasteiger partial charge in [0.15, 0.2) is 17.2 Å². The van der Waals surface area contributed by atoms with E-state index in [0.29, 0.717) is 59.3 Å². The van der Waals surface area contributed by atoms with Gasteiger partial charge in [0.25, 0.3) is 5.56 Å². The van der Waals surface area contributed by atoms with Crippen LogP contribution < -0.4 is 21.5 Å². The van der Waals surface area contributed by atoms with Crippen LogP contribution in [0.2, 0.25) is 0 Å². The highest BCUT2D eigenvalue weighted by Gasteiger charge is 2.50. The Bertz CT molecular complexity index is 2950. The standard InChI is InChI=1S/C30H32FN3O6.C28H42N2O5/c1-6-30(40-29(3,4)5)18-9-22-26-16(11-34(22)27(37)17(18)13-39-28(30)38)25-20(32-23(36)12-35)8-7-15-14(2)19(31)10-21(33-26)24(15)25;1-27(2,3)15-14-22(31)18-30-26(35)21(16-20-10-8-7-9-11-20)17-23(32)19-29-25(34)13-12-24(33)28(4,5)6/h9-10,20,35H,6-8,11-13H2,1-5H3,(H,32,36);7-11,21H,12-19H2,1-6H3,(H,29,34)(H,30,35)/t20-,30-;21-/m01/s1. The van der Waals surface area contributed by atoms with Gasteiger partial charge in [-0.25, -0.2) is 14.2 Å². The number of fused-ring (bicyclic) bond motifs is 5. The number of Topliss-reactive ketones (excluding diaryl/α,β-unsaturated/α-hetero) is 3. The molecule has 0 unspecified atom stereocenters. The first-order chi connectivity index (χ1) is 35.1. The van der Waals surface area contributed by atoms with Crippen molar-refractivity contribution in [2.45, 2.75) is 164 Å². The van der Waals surface area contributed by atoms with Crippen LogP contribution in [0.15, 0.2) is 47.3 Å². The summed E-state index contributed by atoms with van der Waals surface area (Å²) in [6, 6.07) is 12.1. The number of halogens is 1. The minimum atomic E-state index is -1.47. The van der Waals surface area contributed by atoms with Crippen LogP contribution in [0.4, 0.5) is 4.39 Å². The summed E-state index contributed by atoms with van der Waals surface area (Å²) in [6.07, 6.45) is 2.85. The number of amides is 3. The third kappa shape index (κ3) is 13.7. The van der Waals surface area contributed by atoms with Crippen LogP contribution in [0.3, 0.4) is 0 Å². The number of ketones is 3. The number of nitrogens with zero attached hydrogens (tertiary/aromatic N) is 2. The number of esters is 1. The zero-order chi connectivity index (χ0) is 55.4. The number of rotatable bonds is 18. The first-order valence-corrected chi connectivity index (χ1v) is 25.9. The fraction of sp³-hybridized carbons (Fsp3) is 0.534. The van der Waals surface area contributed by atoms with E-state index in [1.807, 2.05) is 58.0 Å². The molecule has 3 amide bonds. The van der Waals surface area contributed by atoms with Gasteiger partial charge in [-0.15, -0.1) is 0 Å². The quantitative estimate of drug-likeness (QED) is 0.0635. The summed E-state index contributed by atoms with van der Waals surface area (Å²) in [6.45, 7) is 19.8. The van der Waals surface area contributed by atoms with Crippen LogP contribution in [0, 0.1) is 29.5 Å².